The first-order valence-electron chi connectivity index (χ1n) is 10.7. The topological polar surface area (TPSA) is 49.4 Å². The Labute approximate surface area is 183 Å². The highest BCUT2D eigenvalue weighted by Crippen LogP contribution is 2.30. The molecule has 1 aliphatic heterocycles. The van der Waals surface area contributed by atoms with Gasteiger partial charge in [0.05, 0.1) is 4.90 Å². The molecule has 1 heterocycles. The van der Waals surface area contributed by atoms with Crippen molar-refractivity contribution in [3.63, 3.8) is 0 Å². The molecule has 2 aromatic rings. The molecule has 7 heteroatoms. The van der Waals surface area contributed by atoms with Crippen molar-refractivity contribution in [2.75, 3.05) is 13.1 Å². The van der Waals surface area contributed by atoms with E-state index in [0.29, 0.717) is 5.92 Å². The number of piperidine rings is 1. The molecule has 1 saturated heterocycles. The van der Waals surface area contributed by atoms with Crippen LogP contribution in [0, 0.1) is 11.7 Å². The molecule has 2 unspecified atom stereocenters. The zero-order chi connectivity index (χ0) is 21.1. The Morgan fingerprint density at radius 2 is 1.77 bits per heavy atom. The normalized spacial score (nSPS) is 23.7. The van der Waals surface area contributed by atoms with E-state index >= 15 is 0 Å². The summed E-state index contributed by atoms with van der Waals surface area (Å²) in [5, 5.41) is 0.765. The molecule has 1 aliphatic carbocycles. The maximum absolute atomic E-state index is 13.5. The van der Waals surface area contributed by atoms with Crippen LogP contribution in [0.3, 0.4) is 0 Å². The molecule has 2 aliphatic rings. The fraction of sp³-hybridized carbons (Fsp3) is 0.478. The molecule has 0 radical (unpaired) electrons. The molecule has 30 heavy (non-hydrogen) atoms. The van der Waals surface area contributed by atoms with Gasteiger partial charge in [-0.3, -0.25) is 4.90 Å². The molecule has 4 rings (SSSR count). The number of sulfonamides is 1. The minimum Gasteiger partial charge on any atom is -0.299 e. The highest BCUT2D eigenvalue weighted by molar-refractivity contribution is 7.89. The molecule has 2 aromatic carbocycles. The number of nitrogens with zero attached hydrogens (tertiary/aromatic N) is 1. The van der Waals surface area contributed by atoms with E-state index in [4.69, 9.17) is 11.6 Å². The Morgan fingerprint density at radius 3 is 2.47 bits per heavy atom. The monoisotopic (exact) mass is 450 g/mol. The van der Waals surface area contributed by atoms with E-state index in [2.05, 4.69) is 21.8 Å². The van der Waals surface area contributed by atoms with Gasteiger partial charge in [-0.05, 0) is 87.0 Å². The highest BCUT2D eigenvalue weighted by Gasteiger charge is 2.36. The fourth-order valence-electron chi connectivity index (χ4n) is 4.86. The van der Waals surface area contributed by atoms with Crippen molar-refractivity contribution in [2.45, 2.75) is 55.5 Å². The van der Waals surface area contributed by atoms with E-state index in [1.807, 2.05) is 12.1 Å². The largest absolute Gasteiger partial charge is 0.299 e. The van der Waals surface area contributed by atoms with Gasteiger partial charge in [0.15, 0.2) is 0 Å². The van der Waals surface area contributed by atoms with Crippen molar-refractivity contribution in [1.29, 1.82) is 0 Å². The lowest BCUT2D eigenvalue weighted by atomic mass is 9.89. The number of hydrogen-bond donors (Lipinski definition) is 1. The standard InChI is InChI=1S/C23H28ClFN2O2S/c24-19-9-7-17(8-10-19)15-18-11-13-27(14-12-18)23-6-2-5-22(23)26-30(28,29)21-4-1-3-20(25)16-21/h1,3-4,7-10,16,18,22-23,26H,2,5-6,11-15H2. The summed E-state index contributed by atoms with van der Waals surface area (Å²) in [6.07, 6.45) is 6.12. The van der Waals surface area contributed by atoms with Gasteiger partial charge in [-0.2, -0.15) is 0 Å². The number of nitrogens with one attached hydrogen (secondary N) is 1. The molecule has 1 N–H and O–H groups in total. The first-order valence-corrected chi connectivity index (χ1v) is 12.5. The van der Waals surface area contributed by atoms with Gasteiger partial charge < -0.3 is 0 Å². The highest BCUT2D eigenvalue weighted by atomic mass is 35.5. The summed E-state index contributed by atoms with van der Waals surface area (Å²) in [7, 11) is -3.72. The predicted molar refractivity (Wildman–Crippen MR) is 118 cm³/mol. The van der Waals surface area contributed by atoms with Crippen LogP contribution in [-0.4, -0.2) is 38.5 Å². The maximum Gasteiger partial charge on any atom is 0.240 e. The van der Waals surface area contributed by atoms with Crippen LogP contribution in [0.2, 0.25) is 5.02 Å². The maximum atomic E-state index is 13.5. The summed E-state index contributed by atoms with van der Waals surface area (Å²) in [6, 6.07) is 13.4. The van der Waals surface area contributed by atoms with Crippen LogP contribution in [0.4, 0.5) is 4.39 Å². The number of rotatable bonds is 6. The Morgan fingerprint density at radius 1 is 1.03 bits per heavy atom. The summed E-state index contributed by atoms with van der Waals surface area (Å²) in [5.74, 6) is 0.106. The first kappa shape index (κ1) is 21.8. The molecule has 2 fully saturated rings. The molecule has 0 bridgehead atoms. The summed E-state index contributed by atoms with van der Waals surface area (Å²) in [4.78, 5) is 2.44. The molecule has 4 nitrogen and oxygen atoms in total. The number of benzene rings is 2. The smallest absolute Gasteiger partial charge is 0.240 e. The third-order valence-corrected chi connectivity index (χ3v) is 8.19. The minimum absolute atomic E-state index is 0.00479. The zero-order valence-electron chi connectivity index (χ0n) is 16.9. The van der Waals surface area contributed by atoms with Gasteiger partial charge in [-0.25, -0.2) is 17.5 Å². The van der Waals surface area contributed by atoms with Crippen molar-refractivity contribution in [2.24, 2.45) is 5.92 Å². The van der Waals surface area contributed by atoms with Gasteiger partial charge in [0.25, 0.3) is 0 Å². The van der Waals surface area contributed by atoms with Crippen molar-refractivity contribution in [3.05, 3.63) is 64.9 Å². The van der Waals surface area contributed by atoms with Crippen molar-refractivity contribution in [1.82, 2.24) is 9.62 Å². The van der Waals surface area contributed by atoms with Gasteiger partial charge in [-0.1, -0.05) is 36.2 Å². The van der Waals surface area contributed by atoms with Crippen LogP contribution < -0.4 is 4.72 Å². The molecule has 2 atom stereocenters. The van der Waals surface area contributed by atoms with Crippen molar-refractivity contribution >= 4 is 21.6 Å². The van der Waals surface area contributed by atoms with Crippen LogP contribution in [0.1, 0.15) is 37.7 Å². The third kappa shape index (κ3) is 5.22. The Hall–Kier alpha value is -1.47. The molecular weight excluding hydrogens is 423 g/mol. The van der Waals surface area contributed by atoms with Crippen LogP contribution in [0.5, 0.6) is 0 Å². The van der Waals surface area contributed by atoms with Crippen molar-refractivity contribution < 1.29 is 12.8 Å². The fourth-order valence-corrected chi connectivity index (χ4v) is 6.32. The zero-order valence-corrected chi connectivity index (χ0v) is 18.5. The van der Waals surface area contributed by atoms with Crippen LogP contribution in [0.15, 0.2) is 53.4 Å². The Balaban J connectivity index is 1.34. The average molecular weight is 451 g/mol. The van der Waals surface area contributed by atoms with E-state index in [-0.39, 0.29) is 17.0 Å². The quantitative estimate of drug-likeness (QED) is 0.697. The van der Waals surface area contributed by atoms with Crippen molar-refractivity contribution in [3.8, 4) is 0 Å². The van der Waals surface area contributed by atoms with Gasteiger partial charge in [0, 0.05) is 17.1 Å². The second kappa shape index (κ2) is 9.35. The average Bonchev–Trinajstić information content (AvgIpc) is 3.18. The number of likely N-dealkylation sites (tertiary alicyclic amines) is 1. The van der Waals surface area contributed by atoms with Gasteiger partial charge in [-0.15, -0.1) is 0 Å². The molecule has 0 amide bonds. The van der Waals surface area contributed by atoms with Gasteiger partial charge in [0.2, 0.25) is 10.0 Å². The molecule has 0 aromatic heterocycles. The molecule has 162 valence electrons. The van der Waals surface area contributed by atoms with E-state index < -0.39 is 15.8 Å². The molecule has 1 saturated carbocycles. The van der Waals surface area contributed by atoms with Crippen LogP contribution in [0.25, 0.3) is 0 Å². The second-order valence-corrected chi connectivity index (χ2v) is 10.6. The van der Waals surface area contributed by atoms with E-state index in [1.165, 1.54) is 23.8 Å². The first-order chi connectivity index (χ1) is 14.4. The van der Waals surface area contributed by atoms with Crippen LogP contribution in [-0.2, 0) is 16.4 Å². The predicted octanol–water partition coefficient (Wildman–Crippen LogP) is 4.63. The lowest BCUT2D eigenvalue weighted by molar-refractivity contribution is 0.122. The van der Waals surface area contributed by atoms with Crippen LogP contribution >= 0.6 is 11.6 Å². The van der Waals surface area contributed by atoms with Gasteiger partial charge in [0.1, 0.15) is 5.82 Å². The second-order valence-electron chi connectivity index (χ2n) is 8.49. The van der Waals surface area contributed by atoms with E-state index in [0.717, 1.165) is 62.7 Å². The molecule has 0 spiro atoms. The minimum atomic E-state index is -3.72. The Bertz CT molecular complexity index is 959. The molecular formula is C23H28ClFN2O2S. The number of hydrogen-bond acceptors (Lipinski definition) is 3. The summed E-state index contributed by atoms with van der Waals surface area (Å²) < 4.78 is 41.8. The Kier molecular flexibility index (Phi) is 6.78. The lowest BCUT2D eigenvalue weighted by Gasteiger charge is -2.38. The number of halogens is 2. The SMILES string of the molecule is O=S(=O)(NC1CCCC1N1CCC(Cc2ccc(Cl)cc2)CC1)c1cccc(F)c1. The van der Waals surface area contributed by atoms with E-state index in [1.54, 1.807) is 0 Å². The third-order valence-electron chi connectivity index (χ3n) is 6.45. The summed E-state index contributed by atoms with van der Waals surface area (Å²) in [5.41, 5.74) is 1.32. The lowest BCUT2D eigenvalue weighted by Crippen LogP contribution is -2.51. The van der Waals surface area contributed by atoms with Gasteiger partial charge >= 0.3 is 0 Å². The summed E-state index contributed by atoms with van der Waals surface area (Å²) >= 11 is 5.98. The van der Waals surface area contributed by atoms with E-state index in [9.17, 15) is 12.8 Å². The summed E-state index contributed by atoms with van der Waals surface area (Å²) in [6.45, 7) is 1.97.